The molecule has 0 bridgehead atoms. The molecule has 4 aromatic heterocycles. The van der Waals surface area contributed by atoms with Crippen LogP contribution in [-0.2, 0) is 0 Å². The van der Waals surface area contributed by atoms with E-state index in [4.69, 9.17) is 8.83 Å². The maximum absolute atomic E-state index is 6.76. The summed E-state index contributed by atoms with van der Waals surface area (Å²) in [5.41, 5.74) is 15.8. The van der Waals surface area contributed by atoms with Crippen molar-refractivity contribution in [2.45, 2.75) is 13.8 Å². The lowest BCUT2D eigenvalue weighted by Gasteiger charge is -2.26. The summed E-state index contributed by atoms with van der Waals surface area (Å²) in [6, 6.07) is 77.1. The van der Waals surface area contributed by atoms with E-state index in [1.807, 2.05) is 0 Å². The maximum Gasteiger partial charge on any atom is 0.159 e. The first-order chi connectivity index (χ1) is 34.0. The van der Waals surface area contributed by atoms with E-state index < -0.39 is 0 Å². The van der Waals surface area contributed by atoms with Crippen molar-refractivity contribution >= 4 is 138 Å². The lowest BCUT2D eigenvalue weighted by atomic mass is 10.0. The SMILES string of the molecule is Cc1cccc2c1oc1c(N(c3ccccc3)c3ccc4cc5c6cccc7c8cc9ccc(N(c%10ccccc%10)c%10cccc%11c%10oc%10c(C)cccc%10%11)cc9cc8n(c5cc4c3)c67)cccc12. The van der Waals surface area contributed by atoms with Gasteiger partial charge >= 0.3 is 0 Å². The number of hydrogen-bond donors (Lipinski definition) is 0. The lowest BCUT2D eigenvalue weighted by molar-refractivity contribution is 0.665. The lowest BCUT2D eigenvalue weighted by Crippen LogP contribution is -2.10. The van der Waals surface area contributed by atoms with Crippen LogP contribution in [-0.4, -0.2) is 4.40 Å². The largest absolute Gasteiger partial charge is 0.454 e. The number of aromatic nitrogens is 1. The molecule has 4 heterocycles. The van der Waals surface area contributed by atoms with E-state index in [0.717, 1.165) is 89.1 Å². The molecule has 0 saturated carbocycles. The van der Waals surface area contributed by atoms with Gasteiger partial charge in [0.2, 0.25) is 0 Å². The number of nitrogens with zero attached hydrogens (tertiary/aromatic N) is 3. The molecule has 0 aliphatic rings. The van der Waals surface area contributed by atoms with Gasteiger partial charge in [0.15, 0.2) is 11.2 Å². The summed E-state index contributed by atoms with van der Waals surface area (Å²) in [6.45, 7) is 4.24. The number of hydrogen-bond acceptors (Lipinski definition) is 4. The van der Waals surface area contributed by atoms with Gasteiger partial charge in [-0.25, -0.2) is 0 Å². The minimum atomic E-state index is 0.875. The van der Waals surface area contributed by atoms with Crippen LogP contribution in [0.25, 0.3) is 104 Å². The number of anilines is 6. The second-order valence-corrected chi connectivity index (χ2v) is 18.6. The van der Waals surface area contributed by atoms with Crippen LogP contribution < -0.4 is 9.80 Å². The van der Waals surface area contributed by atoms with Crippen LogP contribution in [0.3, 0.4) is 0 Å². The van der Waals surface area contributed by atoms with Crippen LogP contribution >= 0.6 is 0 Å². The topological polar surface area (TPSA) is 37.2 Å². The Bertz CT molecular complexity index is 4290. The molecule has 11 aromatic carbocycles. The van der Waals surface area contributed by atoms with Crippen molar-refractivity contribution in [3.8, 4) is 0 Å². The second-order valence-electron chi connectivity index (χ2n) is 18.6. The Morgan fingerprint density at radius 1 is 0.304 bits per heavy atom. The Morgan fingerprint density at radius 3 is 1.17 bits per heavy atom. The maximum atomic E-state index is 6.76. The first-order valence-electron chi connectivity index (χ1n) is 23.7. The Labute approximate surface area is 396 Å². The average molecular weight is 884 g/mol. The molecule has 0 atom stereocenters. The number of para-hydroxylation sites is 7. The van der Waals surface area contributed by atoms with E-state index in [1.165, 1.54) is 59.6 Å². The standard InChI is InChI=1S/C64H41N3O2/c1-38-14-9-22-50-52-24-12-26-56(63(52)68-61(38)50)65(44-16-5-3-6-17-44)46-30-28-40-34-54-48-20-11-21-49-55-35-41-29-31-47(33-43(41)37-59(55)67(60(48)49)58(54)36-42(40)32-46)66(45-18-7-4-8-19-45)57-27-13-25-53-51-23-10-15-39(2)62(51)69-64(53)57/h3-37H,1-2H3. The second kappa shape index (κ2) is 14.2. The summed E-state index contributed by atoms with van der Waals surface area (Å²) in [7, 11) is 0. The van der Waals surface area contributed by atoms with Crippen molar-refractivity contribution in [2.75, 3.05) is 9.80 Å². The van der Waals surface area contributed by atoms with Crippen molar-refractivity contribution in [3.05, 3.63) is 223 Å². The molecule has 15 rings (SSSR count). The highest BCUT2D eigenvalue weighted by Crippen LogP contribution is 2.47. The summed E-state index contributed by atoms with van der Waals surface area (Å²) in [4.78, 5) is 4.67. The predicted octanol–water partition coefficient (Wildman–Crippen LogP) is 18.5. The summed E-state index contributed by atoms with van der Waals surface area (Å²) >= 11 is 0. The van der Waals surface area contributed by atoms with Gasteiger partial charge in [-0.1, -0.05) is 127 Å². The van der Waals surface area contributed by atoms with E-state index >= 15 is 0 Å². The average Bonchev–Trinajstić information content (AvgIpc) is 4.15. The van der Waals surface area contributed by atoms with E-state index in [1.54, 1.807) is 0 Å². The smallest absolute Gasteiger partial charge is 0.159 e. The summed E-state index contributed by atoms with van der Waals surface area (Å²) in [5, 5.41) is 14.2. The first kappa shape index (κ1) is 38.1. The van der Waals surface area contributed by atoms with E-state index in [9.17, 15) is 0 Å². The van der Waals surface area contributed by atoms with Crippen molar-refractivity contribution < 1.29 is 8.83 Å². The molecule has 0 amide bonds. The number of furan rings is 2. The highest BCUT2D eigenvalue weighted by atomic mass is 16.3. The first-order valence-corrected chi connectivity index (χ1v) is 23.7. The van der Waals surface area contributed by atoms with Gasteiger partial charge in [-0.05, 0) is 131 Å². The molecule has 0 radical (unpaired) electrons. The van der Waals surface area contributed by atoms with Crippen LogP contribution in [0.1, 0.15) is 11.1 Å². The molecule has 0 spiro atoms. The van der Waals surface area contributed by atoms with Crippen LogP contribution in [0.2, 0.25) is 0 Å². The highest BCUT2D eigenvalue weighted by molar-refractivity contribution is 6.26. The molecule has 5 heteroatoms. The molecule has 0 saturated heterocycles. The Kier molecular flexibility index (Phi) is 7.85. The number of fused-ring (bicyclic) bond motifs is 14. The van der Waals surface area contributed by atoms with Crippen molar-refractivity contribution in [1.82, 2.24) is 4.40 Å². The van der Waals surface area contributed by atoms with Crippen molar-refractivity contribution in [2.24, 2.45) is 0 Å². The zero-order chi connectivity index (χ0) is 45.5. The van der Waals surface area contributed by atoms with Gasteiger partial charge in [-0.3, -0.25) is 0 Å². The molecule has 0 fully saturated rings. The third-order valence-corrected chi connectivity index (χ3v) is 14.6. The third kappa shape index (κ3) is 5.47. The van der Waals surface area contributed by atoms with Crippen molar-refractivity contribution in [3.63, 3.8) is 0 Å². The van der Waals surface area contributed by atoms with Gasteiger partial charge in [0.25, 0.3) is 0 Å². The van der Waals surface area contributed by atoms with Crippen molar-refractivity contribution in [1.29, 1.82) is 0 Å². The summed E-state index contributed by atoms with van der Waals surface area (Å²) in [6.07, 6.45) is 0. The molecule has 324 valence electrons. The fraction of sp³-hybridized carbons (Fsp3) is 0.0312. The normalized spacial score (nSPS) is 12.2. The van der Waals surface area contributed by atoms with Gasteiger partial charge in [-0.2, -0.15) is 0 Å². The minimum absolute atomic E-state index is 0.875. The quantitative estimate of drug-likeness (QED) is 0.167. The Balaban J connectivity index is 0.932. The molecule has 0 N–H and O–H groups in total. The van der Waals surface area contributed by atoms with E-state index in [-0.39, 0.29) is 0 Å². The molecule has 69 heavy (non-hydrogen) atoms. The van der Waals surface area contributed by atoms with Crippen LogP contribution in [0.15, 0.2) is 221 Å². The fourth-order valence-corrected chi connectivity index (χ4v) is 11.5. The molecule has 15 aromatic rings. The Hall–Kier alpha value is -9.06. The molecular weight excluding hydrogens is 843 g/mol. The molecular formula is C64H41N3O2. The Morgan fingerprint density at radius 2 is 0.710 bits per heavy atom. The summed E-state index contributed by atoms with van der Waals surface area (Å²) in [5.74, 6) is 0. The van der Waals surface area contributed by atoms with Gasteiger partial charge < -0.3 is 23.0 Å². The third-order valence-electron chi connectivity index (χ3n) is 14.6. The molecule has 0 aliphatic heterocycles. The van der Waals surface area contributed by atoms with Crippen LogP contribution in [0, 0.1) is 13.8 Å². The molecule has 5 nitrogen and oxygen atoms in total. The minimum Gasteiger partial charge on any atom is -0.454 e. The van der Waals surface area contributed by atoms with Gasteiger partial charge in [0.1, 0.15) is 11.2 Å². The van der Waals surface area contributed by atoms with Gasteiger partial charge in [0, 0.05) is 65.8 Å². The summed E-state index contributed by atoms with van der Waals surface area (Å²) < 4.78 is 16.0. The molecule has 0 aliphatic carbocycles. The van der Waals surface area contributed by atoms with Gasteiger partial charge in [0.05, 0.1) is 27.9 Å². The zero-order valence-corrected chi connectivity index (χ0v) is 37.9. The zero-order valence-electron chi connectivity index (χ0n) is 37.9. The number of benzene rings is 11. The van der Waals surface area contributed by atoms with Crippen LogP contribution in [0.4, 0.5) is 34.1 Å². The monoisotopic (exact) mass is 883 g/mol. The van der Waals surface area contributed by atoms with E-state index in [2.05, 4.69) is 240 Å². The predicted molar refractivity (Wildman–Crippen MR) is 290 cm³/mol. The number of aryl methyl sites for hydroxylation is 2. The highest BCUT2D eigenvalue weighted by Gasteiger charge is 2.24. The van der Waals surface area contributed by atoms with Crippen LogP contribution in [0.5, 0.6) is 0 Å². The number of rotatable bonds is 6. The van der Waals surface area contributed by atoms with E-state index in [0.29, 0.717) is 0 Å². The fourth-order valence-electron chi connectivity index (χ4n) is 11.5. The van der Waals surface area contributed by atoms with Gasteiger partial charge in [-0.15, -0.1) is 0 Å². The molecule has 0 unspecified atom stereocenters.